The maximum absolute atomic E-state index is 3.73. The summed E-state index contributed by atoms with van der Waals surface area (Å²) in [6.07, 6.45) is 0.879. The Bertz CT molecular complexity index is 1700. The Hall–Kier alpha value is -4.68. The average molecular weight is 470 g/mol. The molecule has 1 radical (unpaired) electrons. The molecule has 7 rings (SSSR count). The lowest BCUT2D eigenvalue weighted by Gasteiger charge is -2.19. The maximum atomic E-state index is 3.73. The highest BCUT2D eigenvalue weighted by atomic mass is 14.3. The fourth-order valence-corrected chi connectivity index (χ4v) is 5.79. The van der Waals surface area contributed by atoms with E-state index < -0.39 is 0 Å². The molecule has 0 fully saturated rings. The number of rotatable bonds is 4. The van der Waals surface area contributed by atoms with Crippen molar-refractivity contribution in [3.63, 3.8) is 0 Å². The van der Waals surface area contributed by atoms with Gasteiger partial charge in [0.2, 0.25) is 0 Å². The first-order valence-electron chi connectivity index (χ1n) is 12.8. The third kappa shape index (κ3) is 3.70. The number of fused-ring (bicyclic) bond motifs is 3. The van der Waals surface area contributed by atoms with Crippen molar-refractivity contribution >= 4 is 0 Å². The van der Waals surface area contributed by atoms with Gasteiger partial charge in [-0.2, -0.15) is 0 Å². The largest absolute Gasteiger partial charge is 0.0622 e. The highest BCUT2D eigenvalue weighted by molar-refractivity contribution is 6.04. The van der Waals surface area contributed by atoms with Crippen LogP contribution in [0.4, 0.5) is 0 Å². The third-order valence-electron chi connectivity index (χ3n) is 7.45. The van der Waals surface area contributed by atoms with Gasteiger partial charge in [-0.3, -0.25) is 0 Å². The van der Waals surface area contributed by atoms with E-state index in [0.29, 0.717) is 0 Å². The van der Waals surface area contributed by atoms with E-state index in [1.54, 1.807) is 0 Å². The monoisotopic (exact) mass is 469 g/mol. The molecule has 0 N–H and O–H groups in total. The van der Waals surface area contributed by atoms with E-state index in [4.69, 9.17) is 0 Å². The third-order valence-corrected chi connectivity index (χ3v) is 7.45. The summed E-state index contributed by atoms with van der Waals surface area (Å²) in [4.78, 5) is 0. The van der Waals surface area contributed by atoms with Crippen LogP contribution in [0.3, 0.4) is 0 Å². The Balaban J connectivity index is 1.59. The van der Waals surface area contributed by atoms with E-state index >= 15 is 0 Å². The summed E-state index contributed by atoms with van der Waals surface area (Å²) >= 11 is 0. The maximum Gasteiger partial charge on any atom is -0.0000651 e. The minimum atomic E-state index is 0.879. The Morgan fingerprint density at radius 1 is 0.378 bits per heavy atom. The second-order valence-corrected chi connectivity index (χ2v) is 9.59. The first-order valence-corrected chi connectivity index (χ1v) is 12.8. The normalized spacial score (nSPS) is 11.7. The van der Waals surface area contributed by atoms with E-state index in [0.717, 1.165) is 6.42 Å². The quantitative estimate of drug-likeness (QED) is 0.241. The predicted octanol–water partition coefficient (Wildman–Crippen LogP) is 9.73. The van der Waals surface area contributed by atoms with Crippen LogP contribution in [0.15, 0.2) is 140 Å². The van der Waals surface area contributed by atoms with Crippen LogP contribution in [-0.2, 0) is 6.42 Å². The van der Waals surface area contributed by atoms with Gasteiger partial charge >= 0.3 is 0 Å². The number of hydrogen-bond donors (Lipinski definition) is 0. The first kappa shape index (κ1) is 21.6. The van der Waals surface area contributed by atoms with Gasteiger partial charge in [-0.05, 0) is 85.3 Å². The van der Waals surface area contributed by atoms with Gasteiger partial charge in [0.15, 0.2) is 0 Å². The molecule has 0 aliphatic heterocycles. The van der Waals surface area contributed by atoms with Gasteiger partial charge < -0.3 is 0 Å². The van der Waals surface area contributed by atoms with Crippen LogP contribution < -0.4 is 0 Å². The number of benzene rings is 6. The molecule has 0 atom stereocenters. The molecule has 1 aliphatic rings. The summed E-state index contributed by atoms with van der Waals surface area (Å²) in [6.45, 7) is 0. The van der Waals surface area contributed by atoms with Gasteiger partial charge in [0.25, 0.3) is 0 Å². The van der Waals surface area contributed by atoms with E-state index in [1.165, 1.54) is 66.8 Å². The van der Waals surface area contributed by atoms with Crippen molar-refractivity contribution in [3.8, 4) is 55.6 Å². The zero-order valence-corrected chi connectivity index (χ0v) is 20.5. The van der Waals surface area contributed by atoms with Gasteiger partial charge in [0.1, 0.15) is 0 Å². The van der Waals surface area contributed by atoms with Crippen molar-refractivity contribution < 1.29 is 0 Å². The molecule has 1 aliphatic carbocycles. The second-order valence-electron chi connectivity index (χ2n) is 9.59. The van der Waals surface area contributed by atoms with Gasteiger partial charge in [-0.15, -0.1) is 0 Å². The standard InChI is InChI=1S/C37H25/c1-5-13-26(14-6-1)31-23-24-33(28-17-9-3-10-18-28)37-34(31)25-30-21-22-32(27-15-7-2-8-16-27)35(36(30)37)29-19-11-4-12-20-29/h1-20,22-24H,25H2. The summed E-state index contributed by atoms with van der Waals surface area (Å²) < 4.78 is 0. The molecule has 0 saturated heterocycles. The van der Waals surface area contributed by atoms with Crippen molar-refractivity contribution in [1.29, 1.82) is 0 Å². The van der Waals surface area contributed by atoms with Crippen molar-refractivity contribution in [2.24, 2.45) is 0 Å². The Morgan fingerprint density at radius 3 is 1.41 bits per heavy atom. The van der Waals surface area contributed by atoms with Gasteiger partial charge in [0.05, 0.1) is 0 Å². The summed E-state index contributed by atoms with van der Waals surface area (Å²) in [7, 11) is 0. The smallest absolute Gasteiger partial charge is 0.0000651 e. The highest BCUT2D eigenvalue weighted by Crippen LogP contribution is 2.52. The molecule has 0 aromatic heterocycles. The molecular formula is C37H25. The van der Waals surface area contributed by atoms with Crippen LogP contribution in [0, 0.1) is 6.07 Å². The van der Waals surface area contributed by atoms with Crippen molar-refractivity contribution in [1.82, 2.24) is 0 Å². The zero-order chi connectivity index (χ0) is 24.6. The van der Waals surface area contributed by atoms with Crippen LogP contribution in [-0.4, -0.2) is 0 Å². The van der Waals surface area contributed by atoms with E-state index in [9.17, 15) is 0 Å². The lowest BCUT2D eigenvalue weighted by molar-refractivity contribution is 1.26. The Kier molecular flexibility index (Phi) is 5.30. The van der Waals surface area contributed by atoms with Gasteiger partial charge in [0, 0.05) is 0 Å². The Morgan fingerprint density at radius 2 is 0.838 bits per heavy atom. The number of hydrogen-bond acceptors (Lipinski definition) is 0. The Labute approximate surface area is 218 Å². The summed E-state index contributed by atoms with van der Waals surface area (Å²) in [6, 6.07) is 53.7. The lowest BCUT2D eigenvalue weighted by Crippen LogP contribution is -1.94. The van der Waals surface area contributed by atoms with E-state index in [-0.39, 0.29) is 0 Å². The summed E-state index contributed by atoms with van der Waals surface area (Å²) in [5, 5.41) is 0. The first-order chi connectivity index (χ1) is 18.4. The molecule has 0 spiro atoms. The van der Waals surface area contributed by atoms with Crippen LogP contribution in [0.1, 0.15) is 11.1 Å². The molecule has 0 nitrogen and oxygen atoms in total. The van der Waals surface area contributed by atoms with Crippen LogP contribution in [0.25, 0.3) is 55.6 Å². The minimum Gasteiger partial charge on any atom is -0.0622 e. The van der Waals surface area contributed by atoms with E-state index in [1.807, 2.05) is 0 Å². The van der Waals surface area contributed by atoms with Gasteiger partial charge in [-0.1, -0.05) is 133 Å². The van der Waals surface area contributed by atoms with Crippen molar-refractivity contribution in [2.75, 3.05) is 0 Å². The van der Waals surface area contributed by atoms with Gasteiger partial charge in [-0.25, -0.2) is 0 Å². The summed E-state index contributed by atoms with van der Waals surface area (Å²) in [5.74, 6) is 0. The molecular weight excluding hydrogens is 444 g/mol. The molecule has 0 heteroatoms. The average Bonchev–Trinajstić information content (AvgIpc) is 3.38. The van der Waals surface area contributed by atoms with Crippen LogP contribution in [0.5, 0.6) is 0 Å². The predicted molar refractivity (Wildman–Crippen MR) is 155 cm³/mol. The van der Waals surface area contributed by atoms with Crippen molar-refractivity contribution in [3.05, 3.63) is 157 Å². The minimum absolute atomic E-state index is 0.879. The van der Waals surface area contributed by atoms with E-state index in [2.05, 4.69) is 146 Å². The fraction of sp³-hybridized carbons (Fsp3) is 0.0270. The molecule has 0 unspecified atom stereocenters. The zero-order valence-electron chi connectivity index (χ0n) is 20.5. The second kappa shape index (κ2) is 9.08. The molecule has 173 valence electrons. The fourth-order valence-electron chi connectivity index (χ4n) is 5.79. The molecule has 0 saturated carbocycles. The molecule has 6 aromatic carbocycles. The lowest BCUT2D eigenvalue weighted by atomic mass is 9.84. The molecule has 6 aromatic rings. The highest BCUT2D eigenvalue weighted by Gasteiger charge is 2.29. The molecule has 0 bridgehead atoms. The molecule has 0 heterocycles. The molecule has 0 amide bonds. The van der Waals surface area contributed by atoms with Crippen molar-refractivity contribution in [2.45, 2.75) is 6.42 Å². The van der Waals surface area contributed by atoms with Crippen LogP contribution >= 0.6 is 0 Å². The topological polar surface area (TPSA) is 0 Å². The van der Waals surface area contributed by atoms with Crippen LogP contribution in [0.2, 0.25) is 0 Å². The SMILES string of the molecule is [c]1cc(-c2ccccc2)c(-c2ccccc2)c2c1Cc1c(-c3ccccc3)ccc(-c3ccccc3)c1-2. The molecule has 37 heavy (non-hydrogen) atoms. The summed E-state index contributed by atoms with van der Waals surface area (Å²) in [5.41, 5.74) is 15.4.